The Balaban J connectivity index is 1.50. The fourth-order valence-corrected chi connectivity index (χ4v) is 4.01. The minimum atomic E-state index is -0.906. The zero-order valence-electron chi connectivity index (χ0n) is 20.1. The van der Waals surface area contributed by atoms with E-state index in [4.69, 9.17) is 22.2 Å². The third-order valence-electron chi connectivity index (χ3n) is 5.75. The lowest BCUT2D eigenvalue weighted by Crippen LogP contribution is -2.36. The van der Waals surface area contributed by atoms with E-state index in [0.717, 1.165) is 17.3 Å². The molecule has 188 valence electrons. The summed E-state index contributed by atoms with van der Waals surface area (Å²) in [7, 11) is 1.53. The number of nitriles is 1. The molecule has 0 fully saturated rings. The highest BCUT2D eigenvalue weighted by atomic mass is 32.1. The zero-order chi connectivity index (χ0) is 26.2. The van der Waals surface area contributed by atoms with E-state index in [1.807, 2.05) is 16.7 Å². The molecule has 0 aliphatic carbocycles. The Labute approximate surface area is 219 Å². The van der Waals surface area contributed by atoms with Crippen molar-refractivity contribution in [2.75, 3.05) is 19.0 Å². The molecule has 0 aliphatic heterocycles. The maximum absolute atomic E-state index is 14.5. The summed E-state index contributed by atoms with van der Waals surface area (Å²) in [5.74, 6) is -1.34. The topological polar surface area (TPSA) is 79.0 Å². The van der Waals surface area contributed by atoms with Gasteiger partial charge in [-0.2, -0.15) is 5.26 Å². The summed E-state index contributed by atoms with van der Waals surface area (Å²) in [4.78, 5) is 10.2. The highest BCUT2D eigenvalue weighted by Gasteiger charge is 2.17. The van der Waals surface area contributed by atoms with Crippen molar-refractivity contribution in [2.24, 2.45) is 0 Å². The Bertz CT molecular complexity index is 1400. The summed E-state index contributed by atoms with van der Waals surface area (Å²) < 4.78 is 35.5. The average Bonchev–Trinajstić information content (AvgIpc) is 3.36. The Hall–Kier alpha value is -4.36. The number of nitrogens with zero attached hydrogens (tertiary/aromatic N) is 5. The number of hydrogen-bond acceptors (Lipinski definition) is 5. The first kappa shape index (κ1) is 25.7. The first-order valence-electron chi connectivity index (χ1n) is 11.4. The van der Waals surface area contributed by atoms with Gasteiger partial charge in [-0.1, -0.05) is 24.3 Å². The molecule has 0 spiro atoms. The van der Waals surface area contributed by atoms with E-state index in [2.05, 4.69) is 21.4 Å². The van der Waals surface area contributed by atoms with Crippen molar-refractivity contribution >= 4 is 23.0 Å². The molecule has 1 N–H and O–H groups in total. The zero-order valence-corrected chi connectivity index (χ0v) is 20.9. The molecular formula is C27H24F2N6OS. The normalized spacial score (nSPS) is 10.5. The van der Waals surface area contributed by atoms with Crippen molar-refractivity contribution in [1.29, 1.82) is 5.26 Å². The molecule has 0 atom stereocenters. The molecule has 7 nitrogen and oxygen atoms in total. The molecule has 10 heteroatoms. The molecule has 2 aromatic heterocycles. The number of thiocarbonyl (C=S) groups is 1. The van der Waals surface area contributed by atoms with Crippen molar-refractivity contribution < 1.29 is 13.5 Å². The number of benzene rings is 2. The van der Waals surface area contributed by atoms with Crippen LogP contribution in [0.2, 0.25) is 0 Å². The number of halogens is 2. The molecule has 0 amide bonds. The smallest absolute Gasteiger partial charge is 0.213 e. The average molecular weight is 519 g/mol. The van der Waals surface area contributed by atoms with Gasteiger partial charge in [0.1, 0.15) is 0 Å². The highest BCUT2D eigenvalue weighted by molar-refractivity contribution is 7.80. The van der Waals surface area contributed by atoms with Gasteiger partial charge in [0.2, 0.25) is 5.88 Å². The summed E-state index contributed by atoms with van der Waals surface area (Å²) in [5.41, 5.74) is 3.41. The number of anilines is 1. The Morgan fingerprint density at radius 2 is 1.95 bits per heavy atom. The molecule has 0 radical (unpaired) electrons. The summed E-state index contributed by atoms with van der Waals surface area (Å²) in [5, 5.41) is 12.5. The summed E-state index contributed by atoms with van der Waals surface area (Å²) in [6.07, 6.45) is 5.65. The molecule has 37 heavy (non-hydrogen) atoms. The van der Waals surface area contributed by atoms with Gasteiger partial charge in [0.25, 0.3) is 0 Å². The fraction of sp³-hybridized carbons (Fsp3) is 0.185. The van der Waals surface area contributed by atoms with Gasteiger partial charge < -0.3 is 19.5 Å². The number of ether oxygens (including phenoxy) is 1. The van der Waals surface area contributed by atoms with Crippen LogP contribution >= 0.6 is 12.2 Å². The molecule has 0 saturated carbocycles. The maximum atomic E-state index is 14.5. The van der Waals surface area contributed by atoms with Gasteiger partial charge in [-0.15, -0.1) is 0 Å². The van der Waals surface area contributed by atoms with Crippen LogP contribution in [-0.4, -0.2) is 38.2 Å². The lowest BCUT2D eigenvalue weighted by Gasteiger charge is -2.26. The molecule has 0 saturated heterocycles. The summed E-state index contributed by atoms with van der Waals surface area (Å²) in [6.45, 7) is 1.08. The Morgan fingerprint density at radius 1 is 1.14 bits per heavy atom. The number of imidazole rings is 1. The highest BCUT2D eigenvalue weighted by Crippen LogP contribution is 2.17. The second kappa shape index (κ2) is 12.1. The van der Waals surface area contributed by atoms with Gasteiger partial charge >= 0.3 is 0 Å². The molecular weight excluding hydrogens is 494 g/mol. The van der Waals surface area contributed by atoms with E-state index in [9.17, 15) is 8.78 Å². The maximum Gasteiger partial charge on any atom is 0.213 e. The molecule has 2 aromatic carbocycles. The lowest BCUT2D eigenvalue weighted by molar-refractivity contribution is 0.397. The molecule has 0 bridgehead atoms. The monoisotopic (exact) mass is 518 g/mol. The van der Waals surface area contributed by atoms with Gasteiger partial charge in [-0.25, -0.2) is 18.7 Å². The third kappa shape index (κ3) is 6.65. The first-order valence-corrected chi connectivity index (χ1v) is 11.8. The van der Waals surface area contributed by atoms with Crippen LogP contribution in [0, 0.1) is 23.0 Å². The molecule has 0 aliphatic rings. The van der Waals surface area contributed by atoms with Crippen LogP contribution in [0.5, 0.6) is 5.88 Å². The SMILES string of the molecule is COc1ccc(NC(=S)N(CCc2cncn2Cc2ccc(C#N)cc2)Cc2cccc(F)c2F)cn1. The second-order valence-corrected chi connectivity index (χ2v) is 8.61. The van der Waals surface area contributed by atoms with Crippen LogP contribution in [0.1, 0.15) is 22.4 Å². The Kier molecular flexibility index (Phi) is 8.38. The van der Waals surface area contributed by atoms with Gasteiger partial charge in [-0.05, 0) is 42.0 Å². The van der Waals surface area contributed by atoms with E-state index in [0.29, 0.717) is 41.8 Å². The molecule has 4 aromatic rings. The van der Waals surface area contributed by atoms with Crippen molar-refractivity contribution in [3.8, 4) is 11.9 Å². The quantitative estimate of drug-likeness (QED) is 0.315. The number of pyridine rings is 1. The van der Waals surface area contributed by atoms with Crippen molar-refractivity contribution in [3.63, 3.8) is 0 Å². The van der Waals surface area contributed by atoms with Gasteiger partial charge in [0.05, 0.1) is 37.0 Å². The molecule has 2 heterocycles. The predicted molar refractivity (Wildman–Crippen MR) is 140 cm³/mol. The predicted octanol–water partition coefficient (Wildman–Crippen LogP) is 4.93. The van der Waals surface area contributed by atoms with Crippen molar-refractivity contribution in [2.45, 2.75) is 19.5 Å². The van der Waals surface area contributed by atoms with Crippen molar-refractivity contribution in [1.82, 2.24) is 19.4 Å². The third-order valence-corrected chi connectivity index (χ3v) is 6.11. The van der Waals surface area contributed by atoms with Crippen LogP contribution in [0.3, 0.4) is 0 Å². The van der Waals surface area contributed by atoms with Crippen LogP contribution in [0.25, 0.3) is 0 Å². The number of aromatic nitrogens is 3. The van der Waals surface area contributed by atoms with E-state index < -0.39 is 11.6 Å². The first-order chi connectivity index (χ1) is 18.0. The van der Waals surface area contributed by atoms with E-state index >= 15 is 0 Å². The van der Waals surface area contributed by atoms with Gasteiger partial charge in [0, 0.05) is 49.6 Å². The van der Waals surface area contributed by atoms with Crippen LogP contribution < -0.4 is 10.1 Å². The van der Waals surface area contributed by atoms with E-state index in [-0.39, 0.29) is 12.1 Å². The van der Waals surface area contributed by atoms with E-state index in [1.54, 1.807) is 47.9 Å². The van der Waals surface area contributed by atoms with Crippen LogP contribution in [-0.2, 0) is 19.5 Å². The lowest BCUT2D eigenvalue weighted by atomic mass is 10.1. The Morgan fingerprint density at radius 3 is 2.65 bits per heavy atom. The largest absolute Gasteiger partial charge is 0.481 e. The van der Waals surface area contributed by atoms with Gasteiger partial charge in [0.15, 0.2) is 16.7 Å². The van der Waals surface area contributed by atoms with Gasteiger partial charge in [-0.3, -0.25) is 0 Å². The summed E-state index contributed by atoms with van der Waals surface area (Å²) >= 11 is 5.64. The fourth-order valence-electron chi connectivity index (χ4n) is 3.74. The molecule has 0 unspecified atom stereocenters. The minimum absolute atomic E-state index is 0.0722. The standard InChI is InChI=1S/C27H24F2N6OS/c1-36-25-10-9-22(14-32-25)33-27(37)34(17-21-3-2-4-24(28)26(21)29)12-11-23-15-31-18-35(23)16-20-7-5-19(13-30)6-8-20/h2-10,14-15,18H,11-12,16-17H2,1H3,(H,33,37). The molecule has 4 rings (SSSR count). The number of methoxy groups -OCH3 is 1. The number of rotatable bonds is 9. The van der Waals surface area contributed by atoms with Crippen LogP contribution in [0.4, 0.5) is 14.5 Å². The van der Waals surface area contributed by atoms with E-state index in [1.165, 1.54) is 19.2 Å². The summed E-state index contributed by atoms with van der Waals surface area (Å²) in [6, 6.07) is 17.1. The second-order valence-electron chi connectivity index (χ2n) is 8.23. The van der Waals surface area contributed by atoms with Crippen LogP contribution in [0.15, 0.2) is 73.3 Å². The number of hydrogen-bond donors (Lipinski definition) is 1. The van der Waals surface area contributed by atoms with Crippen molar-refractivity contribution in [3.05, 3.63) is 107 Å². The minimum Gasteiger partial charge on any atom is -0.481 e. The number of nitrogens with one attached hydrogen (secondary N) is 1.